The van der Waals surface area contributed by atoms with Gasteiger partial charge < -0.3 is 10.8 Å². The van der Waals surface area contributed by atoms with Crippen LogP contribution in [0.3, 0.4) is 0 Å². The SMILES string of the molecule is CCCCCC(C)C(C(=O)O)c1ccccc1N. The molecule has 0 spiro atoms. The van der Waals surface area contributed by atoms with Crippen LogP contribution in [0.2, 0.25) is 0 Å². The summed E-state index contributed by atoms with van der Waals surface area (Å²) in [6.45, 7) is 4.15. The zero-order valence-corrected chi connectivity index (χ0v) is 11.2. The Balaban J connectivity index is 2.83. The van der Waals surface area contributed by atoms with Crippen molar-refractivity contribution in [1.82, 2.24) is 0 Å². The first-order chi connectivity index (χ1) is 8.57. The zero-order chi connectivity index (χ0) is 13.5. The van der Waals surface area contributed by atoms with Crippen molar-refractivity contribution in [3.8, 4) is 0 Å². The lowest BCUT2D eigenvalue weighted by molar-refractivity contribution is -0.140. The second kappa shape index (κ2) is 7.04. The van der Waals surface area contributed by atoms with E-state index in [1.165, 1.54) is 0 Å². The molecule has 0 aromatic heterocycles. The summed E-state index contributed by atoms with van der Waals surface area (Å²) < 4.78 is 0. The Bertz CT molecular complexity index is 390. The molecule has 3 N–H and O–H groups in total. The van der Waals surface area contributed by atoms with E-state index in [9.17, 15) is 9.90 Å². The molecule has 0 fully saturated rings. The van der Waals surface area contributed by atoms with E-state index < -0.39 is 11.9 Å². The number of hydrogen-bond donors (Lipinski definition) is 2. The molecule has 3 heteroatoms. The van der Waals surface area contributed by atoms with Gasteiger partial charge in [0.25, 0.3) is 0 Å². The van der Waals surface area contributed by atoms with Crippen molar-refractivity contribution < 1.29 is 9.90 Å². The molecular weight excluding hydrogens is 226 g/mol. The van der Waals surface area contributed by atoms with Crippen LogP contribution in [0.1, 0.15) is 51.0 Å². The van der Waals surface area contributed by atoms with E-state index in [0.717, 1.165) is 31.2 Å². The molecule has 100 valence electrons. The summed E-state index contributed by atoms with van der Waals surface area (Å²) in [5.41, 5.74) is 7.21. The van der Waals surface area contributed by atoms with Crippen molar-refractivity contribution in [2.24, 2.45) is 5.92 Å². The molecule has 0 saturated heterocycles. The van der Waals surface area contributed by atoms with Gasteiger partial charge in [-0.3, -0.25) is 4.79 Å². The average Bonchev–Trinajstić information content (AvgIpc) is 2.32. The van der Waals surface area contributed by atoms with Crippen molar-refractivity contribution in [1.29, 1.82) is 0 Å². The summed E-state index contributed by atoms with van der Waals surface area (Å²) in [5.74, 6) is -1.17. The Morgan fingerprint density at radius 2 is 2.00 bits per heavy atom. The first kappa shape index (κ1) is 14.6. The van der Waals surface area contributed by atoms with Gasteiger partial charge in [0.1, 0.15) is 0 Å². The summed E-state index contributed by atoms with van der Waals surface area (Å²) in [6.07, 6.45) is 4.31. The fourth-order valence-corrected chi connectivity index (χ4v) is 2.36. The molecule has 0 aliphatic heterocycles. The van der Waals surface area contributed by atoms with E-state index in [-0.39, 0.29) is 5.92 Å². The Kier molecular flexibility index (Phi) is 5.69. The minimum atomic E-state index is -0.781. The molecule has 0 bridgehead atoms. The molecule has 2 unspecified atom stereocenters. The van der Waals surface area contributed by atoms with Crippen LogP contribution in [0.25, 0.3) is 0 Å². The second-order valence-electron chi connectivity index (χ2n) is 4.92. The van der Waals surface area contributed by atoms with Crippen LogP contribution in [-0.4, -0.2) is 11.1 Å². The summed E-state index contributed by atoms with van der Waals surface area (Å²) in [6, 6.07) is 7.27. The monoisotopic (exact) mass is 249 g/mol. The number of nitrogen functional groups attached to an aromatic ring is 1. The first-order valence-electron chi connectivity index (χ1n) is 6.65. The maximum absolute atomic E-state index is 11.5. The molecule has 3 nitrogen and oxygen atoms in total. The predicted octanol–water partition coefficient (Wildman–Crippen LogP) is 3.65. The van der Waals surface area contributed by atoms with Gasteiger partial charge in [0.05, 0.1) is 5.92 Å². The molecule has 1 aromatic carbocycles. The number of hydrogen-bond acceptors (Lipinski definition) is 2. The number of unbranched alkanes of at least 4 members (excludes halogenated alkanes) is 2. The molecule has 18 heavy (non-hydrogen) atoms. The number of carboxylic acid groups (broad SMARTS) is 1. The number of aliphatic carboxylic acids is 1. The fourth-order valence-electron chi connectivity index (χ4n) is 2.36. The molecule has 2 atom stereocenters. The van der Waals surface area contributed by atoms with E-state index in [1.807, 2.05) is 25.1 Å². The normalized spacial score (nSPS) is 14.1. The van der Waals surface area contributed by atoms with Crippen LogP contribution in [-0.2, 0) is 4.79 Å². The summed E-state index contributed by atoms with van der Waals surface area (Å²) in [4.78, 5) is 11.5. The van der Waals surface area contributed by atoms with E-state index in [0.29, 0.717) is 5.69 Å². The Morgan fingerprint density at radius 1 is 1.33 bits per heavy atom. The van der Waals surface area contributed by atoms with Gasteiger partial charge in [-0.15, -0.1) is 0 Å². The lowest BCUT2D eigenvalue weighted by atomic mass is 9.83. The van der Waals surface area contributed by atoms with Crippen molar-refractivity contribution >= 4 is 11.7 Å². The standard InChI is InChI=1S/C15H23NO2/c1-3-4-5-8-11(2)14(15(17)18)12-9-6-7-10-13(12)16/h6-7,9-11,14H,3-5,8,16H2,1-2H3,(H,17,18). The average molecular weight is 249 g/mol. The van der Waals surface area contributed by atoms with E-state index in [4.69, 9.17) is 5.73 Å². The third-order valence-corrected chi connectivity index (χ3v) is 3.43. The van der Waals surface area contributed by atoms with Crippen molar-refractivity contribution in [2.45, 2.75) is 45.4 Å². The van der Waals surface area contributed by atoms with Crippen LogP contribution < -0.4 is 5.73 Å². The summed E-state index contributed by atoms with van der Waals surface area (Å²) >= 11 is 0. The van der Waals surface area contributed by atoms with Gasteiger partial charge in [0, 0.05) is 5.69 Å². The number of anilines is 1. The number of carbonyl (C=O) groups is 1. The van der Waals surface area contributed by atoms with Crippen molar-refractivity contribution in [3.05, 3.63) is 29.8 Å². The lowest BCUT2D eigenvalue weighted by Gasteiger charge is -2.21. The van der Waals surface area contributed by atoms with Crippen LogP contribution in [0.5, 0.6) is 0 Å². The molecule has 0 radical (unpaired) electrons. The third kappa shape index (κ3) is 3.76. The van der Waals surface area contributed by atoms with Crippen LogP contribution in [0.15, 0.2) is 24.3 Å². The van der Waals surface area contributed by atoms with Gasteiger partial charge in [-0.05, 0) is 24.0 Å². The molecule has 0 aliphatic rings. The third-order valence-electron chi connectivity index (χ3n) is 3.43. The topological polar surface area (TPSA) is 63.3 Å². The second-order valence-corrected chi connectivity index (χ2v) is 4.92. The Labute approximate surface area is 109 Å². The number of nitrogens with two attached hydrogens (primary N) is 1. The molecule has 0 heterocycles. The van der Waals surface area contributed by atoms with Crippen molar-refractivity contribution in [3.63, 3.8) is 0 Å². The van der Waals surface area contributed by atoms with Gasteiger partial charge in [-0.2, -0.15) is 0 Å². The van der Waals surface area contributed by atoms with Crippen LogP contribution in [0.4, 0.5) is 5.69 Å². The zero-order valence-electron chi connectivity index (χ0n) is 11.2. The quantitative estimate of drug-likeness (QED) is 0.572. The molecule has 1 rings (SSSR count). The Hall–Kier alpha value is -1.51. The molecule has 1 aromatic rings. The van der Waals surface area contributed by atoms with Gasteiger partial charge >= 0.3 is 5.97 Å². The highest BCUT2D eigenvalue weighted by molar-refractivity contribution is 5.78. The molecule has 0 saturated carbocycles. The predicted molar refractivity (Wildman–Crippen MR) is 74.5 cm³/mol. The van der Waals surface area contributed by atoms with Gasteiger partial charge in [-0.1, -0.05) is 51.3 Å². The minimum Gasteiger partial charge on any atom is -0.481 e. The Morgan fingerprint density at radius 3 is 2.56 bits per heavy atom. The van der Waals surface area contributed by atoms with E-state index in [2.05, 4.69) is 6.92 Å². The summed E-state index contributed by atoms with van der Waals surface area (Å²) in [5, 5.41) is 9.42. The van der Waals surface area contributed by atoms with Crippen molar-refractivity contribution in [2.75, 3.05) is 5.73 Å². The molecule has 0 aliphatic carbocycles. The largest absolute Gasteiger partial charge is 0.481 e. The van der Waals surface area contributed by atoms with Gasteiger partial charge in [0.15, 0.2) is 0 Å². The highest BCUT2D eigenvalue weighted by Crippen LogP contribution is 2.32. The molecule has 0 amide bonds. The van der Waals surface area contributed by atoms with Crippen LogP contribution in [0, 0.1) is 5.92 Å². The first-order valence-corrected chi connectivity index (χ1v) is 6.65. The number of rotatable bonds is 7. The lowest BCUT2D eigenvalue weighted by Crippen LogP contribution is -2.20. The fraction of sp³-hybridized carbons (Fsp3) is 0.533. The number of para-hydroxylation sites is 1. The smallest absolute Gasteiger partial charge is 0.311 e. The minimum absolute atomic E-state index is 0.110. The number of benzene rings is 1. The van der Waals surface area contributed by atoms with E-state index in [1.54, 1.807) is 6.07 Å². The van der Waals surface area contributed by atoms with E-state index >= 15 is 0 Å². The highest BCUT2D eigenvalue weighted by Gasteiger charge is 2.27. The maximum Gasteiger partial charge on any atom is 0.311 e. The van der Waals surface area contributed by atoms with Crippen LogP contribution >= 0.6 is 0 Å². The molecular formula is C15H23NO2. The maximum atomic E-state index is 11.5. The van der Waals surface area contributed by atoms with Gasteiger partial charge in [0.2, 0.25) is 0 Å². The highest BCUT2D eigenvalue weighted by atomic mass is 16.4. The summed E-state index contributed by atoms with van der Waals surface area (Å²) in [7, 11) is 0. The number of carboxylic acids is 1. The van der Waals surface area contributed by atoms with Gasteiger partial charge in [-0.25, -0.2) is 0 Å².